The number of fused-ring (bicyclic) bond motifs is 4. The molecule has 110 heavy (non-hydrogen) atoms. The zero-order valence-corrected chi connectivity index (χ0v) is 63.6. The molecular weight excluding hydrogens is 1360 g/mol. The van der Waals surface area contributed by atoms with Crippen LogP contribution in [0.2, 0.25) is 0 Å². The van der Waals surface area contributed by atoms with Gasteiger partial charge in [-0.25, -0.2) is 56.5 Å². The van der Waals surface area contributed by atoms with Crippen LogP contribution in [0.15, 0.2) is 338 Å². The maximum atomic E-state index is 11.3. The van der Waals surface area contributed by atoms with Gasteiger partial charge in [0.2, 0.25) is 22.8 Å². The van der Waals surface area contributed by atoms with Crippen LogP contribution in [-0.4, -0.2) is 57.3 Å². The molecule has 0 atom stereocenters. The van der Waals surface area contributed by atoms with E-state index in [0.29, 0.717) is 6.42 Å². The van der Waals surface area contributed by atoms with Gasteiger partial charge in [-0.2, -0.15) is 0 Å². The average Bonchev–Trinajstić information content (AvgIpc) is 1.63. The van der Waals surface area contributed by atoms with E-state index in [0.717, 1.165) is 207 Å². The van der Waals surface area contributed by atoms with Gasteiger partial charge in [-0.05, 0) is 126 Å². The van der Waals surface area contributed by atoms with Crippen LogP contribution >= 0.6 is 0 Å². The number of aliphatic carboxylic acids is 1. The van der Waals surface area contributed by atoms with Crippen molar-refractivity contribution < 1.29 is 56.4 Å². The van der Waals surface area contributed by atoms with E-state index in [1.807, 2.05) is 21.1 Å². The number of aryl methyl sites for hydroxylation is 8. The first-order valence-electron chi connectivity index (χ1n) is 39.2. The number of aromatic nitrogens is 8. The quantitative estimate of drug-likeness (QED) is 0.0306. The Labute approximate surface area is 646 Å². The first kappa shape index (κ1) is 73.1. The predicted octanol–water partition coefficient (Wildman–Crippen LogP) is 9.73. The molecule has 16 heteroatoms. The van der Waals surface area contributed by atoms with Crippen LogP contribution in [-0.2, 0) is 58.2 Å². The fourth-order valence-electron chi connectivity index (χ4n) is 15.0. The summed E-state index contributed by atoms with van der Waals surface area (Å²) in [6.07, 6.45) is 82.1. The molecule has 0 saturated carbocycles. The summed E-state index contributed by atoms with van der Waals surface area (Å²) in [5.74, 6) is -0.746. The molecule has 548 valence electrons. The third kappa shape index (κ3) is 18.4. The van der Waals surface area contributed by atoms with Crippen LogP contribution in [0.1, 0.15) is 106 Å². The summed E-state index contributed by atoms with van der Waals surface area (Å²) in [4.78, 5) is 35.1. The second kappa shape index (κ2) is 35.1. The van der Waals surface area contributed by atoms with Gasteiger partial charge in [0, 0.05) is 227 Å². The molecule has 0 amide bonds. The topological polar surface area (TPSA) is 127 Å². The van der Waals surface area contributed by atoms with Gasteiger partial charge in [-0.15, -0.1) is 0 Å². The lowest BCUT2D eigenvalue weighted by atomic mass is 9.99. The van der Waals surface area contributed by atoms with Gasteiger partial charge in [0.1, 0.15) is 58.9 Å². The van der Waals surface area contributed by atoms with Crippen LogP contribution in [0.3, 0.4) is 0 Å². The first-order chi connectivity index (χ1) is 54.0. The number of pyridine rings is 8. The van der Waals surface area contributed by atoms with E-state index >= 15 is 0 Å². The number of allylic oxidation sites excluding steroid dienone is 18. The molecule has 0 fully saturated rings. The van der Waals surface area contributed by atoms with Crippen LogP contribution in [0.4, 0.5) is 0 Å². The summed E-state index contributed by atoms with van der Waals surface area (Å²) in [6.45, 7) is 6.47. The summed E-state index contributed by atoms with van der Waals surface area (Å²) in [5.41, 5.74) is 22.8. The summed E-state index contributed by atoms with van der Waals surface area (Å²) in [5, 5.41) is 9.30. The molecule has 8 aromatic heterocycles. The van der Waals surface area contributed by atoms with Gasteiger partial charge < -0.3 is 14.9 Å². The zero-order valence-electron chi connectivity index (χ0n) is 63.6. The van der Waals surface area contributed by atoms with Crippen molar-refractivity contribution in [2.75, 3.05) is 13.6 Å². The highest BCUT2D eigenvalue weighted by Crippen LogP contribution is 2.35. The number of carboxylic acids is 1. The fraction of sp³-hybridized carbons (Fsp3) is 0.245. The highest BCUT2D eigenvalue weighted by molar-refractivity contribution is 6.37. The lowest BCUT2D eigenvalue weighted by Gasteiger charge is -2.20. The number of hydrogen-bond acceptors (Lipinski definition) is 5. The SMILES string of the molecule is CN1C=CC(=C2C=CN(CCCCC[n+]3ccc(C4=C5C=CC(=N5)C(c5cc[n+](CCCCC[n+]6ccc(-c7cc[n+](C)cc7)cc6)cc5)=C5C=CC(=[NH+]5)C(c5cc[n+](CCCCCC(=O)O)cc5)=C5C=CC(=[NH+]5)C(c5cc[n+](CCCCC[n+]6ccc(-c7cc[n+](C)cc7)cc6)cc5)=C5C=CC4=N5)cc3)C=C2)C=C1. The molecule has 0 saturated heterocycles. The molecule has 0 radical (unpaired) electrons. The molecule has 8 aromatic rings. The highest BCUT2D eigenvalue weighted by atomic mass is 16.4. The second-order valence-electron chi connectivity index (χ2n) is 29.4. The summed E-state index contributed by atoms with van der Waals surface area (Å²) >= 11 is 0. The smallest absolute Gasteiger partial charge is 0.303 e. The molecule has 7 aliphatic rings. The minimum Gasteiger partial charge on any atom is -0.481 e. The third-order valence-corrected chi connectivity index (χ3v) is 21.4. The Hall–Kier alpha value is -12.4. The van der Waals surface area contributed by atoms with E-state index < -0.39 is 5.97 Å². The monoisotopic (exact) mass is 1460 g/mol. The Kier molecular flexibility index (Phi) is 23.3. The Morgan fingerprint density at radius 2 is 0.655 bits per heavy atom. The van der Waals surface area contributed by atoms with E-state index in [-0.39, 0.29) is 6.42 Å². The van der Waals surface area contributed by atoms with Crippen LogP contribution in [0.5, 0.6) is 0 Å². The number of rotatable bonds is 30. The van der Waals surface area contributed by atoms with Gasteiger partial charge in [0.05, 0.1) is 34.0 Å². The zero-order chi connectivity index (χ0) is 75.0. The largest absolute Gasteiger partial charge is 0.481 e. The Bertz CT molecular complexity index is 5120. The van der Waals surface area contributed by atoms with Gasteiger partial charge in [-0.1, -0.05) is 0 Å². The molecule has 0 aliphatic carbocycles. The average molecular weight is 1460 g/mol. The molecule has 0 spiro atoms. The molecule has 0 aromatic carbocycles. The summed E-state index contributed by atoms with van der Waals surface area (Å²) < 4.78 is 17.8. The van der Waals surface area contributed by atoms with Crippen LogP contribution < -0.4 is 46.5 Å². The number of nitrogens with one attached hydrogen (secondary N) is 2. The maximum Gasteiger partial charge on any atom is 0.303 e. The van der Waals surface area contributed by atoms with E-state index in [9.17, 15) is 9.90 Å². The summed E-state index contributed by atoms with van der Waals surface area (Å²) in [7, 11) is 6.14. The van der Waals surface area contributed by atoms with Gasteiger partial charge in [0.25, 0.3) is 0 Å². The lowest BCUT2D eigenvalue weighted by molar-refractivity contribution is -0.701. The van der Waals surface area contributed by atoms with Gasteiger partial charge in [0.15, 0.2) is 99.1 Å². The number of unbranched alkanes of at least 4 members (excludes halogenated alkanes) is 8. The number of hydrogen-bond donors (Lipinski definition) is 3. The van der Waals surface area contributed by atoms with Crippen LogP contribution in [0.25, 0.3) is 44.5 Å². The third-order valence-electron chi connectivity index (χ3n) is 21.4. The molecule has 7 aliphatic heterocycles. The van der Waals surface area contributed by atoms with E-state index in [2.05, 4.69) is 350 Å². The van der Waals surface area contributed by atoms with Crippen molar-refractivity contribution in [1.29, 1.82) is 0 Å². The van der Waals surface area contributed by atoms with Crippen LogP contribution in [0, 0.1) is 0 Å². The minimum atomic E-state index is -0.746. The van der Waals surface area contributed by atoms with Crippen molar-refractivity contribution in [2.24, 2.45) is 24.1 Å². The van der Waals surface area contributed by atoms with Gasteiger partial charge >= 0.3 is 5.97 Å². The fourth-order valence-corrected chi connectivity index (χ4v) is 15.0. The standard InChI is InChI=1S/C94H97N14O2/c1-99-52-25-72(26-53-99)75-31-58-102(59-32-75)46-10-5-13-49-106-66-39-79(40-67-106)92-84-19-17-82(95-84)91(78-37-64-105(65-38-78)45-9-4-8-16-90(109)110)83-18-20-85(96-83)93(80-41-68-107(69-42-80)50-14-6-11-47-103-60-33-76(34-61-103)73-27-54-100(2)55-28-73)87-22-24-89(98-87)94(88-23-21-86(92)97-88)81-43-70-108(71-44-81)51-15-7-12-48-104-62-35-77(36-63-104)74-29-56-101(3)57-30-74/h17-44,52-71H,4-16,45-51H2,1-3H3/q+7/p+3. The molecular formula is C94H100N14O2+10. The Morgan fingerprint density at radius 3 is 1.07 bits per heavy atom. The van der Waals surface area contributed by atoms with Crippen molar-refractivity contribution in [3.8, 4) is 22.3 Å². The Morgan fingerprint density at radius 1 is 0.336 bits per heavy atom. The van der Waals surface area contributed by atoms with E-state index in [1.54, 1.807) is 0 Å². The van der Waals surface area contributed by atoms with Crippen molar-refractivity contribution >= 4 is 51.1 Å². The van der Waals surface area contributed by atoms with Crippen molar-refractivity contribution in [3.63, 3.8) is 0 Å². The van der Waals surface area contributed by atoms with Gasteiger partial charge in [-0.3, -0.25) is 4.79 Å². The van der Waals surface area contributed by atoms with Crippen molar-refractivity contribution in [1.82, 2.24) is 9.80 Å². The molecule has 16 nitrogen and oxygen atoms in total. The molecule has 15 rings (SSSR count). The Balaban J connectivity index is 0.719. The molecule has 0 unspecified atom stereocenters. The molecule has 3 N–H and O–H groups in total. The summed E-state index contributed by atoms with van der Waals surface area (Å²) in [6, 6.07) is 35.4. The van der Waals surface area contributed by atoms with E-state index in [4.69, 9.17) is 9.98 Å². The first-order valence-corrected chi connectivity index (χ1v) is 39.2. The number of carbonyl (C=O) groups is 1. The molecule has 8 bridgehead atoms. The predicted molar refractivity (Wildman–Crippen MR) is 430 cm³/mol. The lowest BCUT2D eigenvalue weighted by Crippen LogP contribution is -2.71. The van der Waals surface area contributed by atoms with Crippen molar-refractivity contribution in [3.05, 3.63) is 350 Å². The van der Waals surface area contributed by atoms with E-state index in [1.165, 1.54) is 33.4 Å². The maximum absolute atomic E-state index is 11.3. The highest BCUT2D eigenvalue weighted by Gasteiger charge is 2.34. The minimum absolute atomic E-state index is 0.191. The number of aliphatic imine (C=N–C) groups is 2. The number of nitrogens with zero attached hydrogens (tertiary/aromatic N) is 12. The molecule has 15 heterocycles. The second-order valence-corrected chi connectivity index (χ2v) is 29.4. The normalized spacial score (nSPS) is 15.6. The van der Waals surface area contributed by atoms with Crippen molar-refractivity contribution in [2.45, 2.75) is 123 Å². The number of carboxylic acid groups (broad SMARTS) is 1.